The molecule has 3 amide bonds. The molecule has 9 nitrogen and oxygen atoms in total. The summed E-state index contributed by atoms with van der Waals surface area (Å²) in [6, 6.07) is 10.1. The molecule has 11 heteroatoms. The third-order valence-electron chi connectivity index (χ3n) is 9.14. The van der Waals surface area contributed by atoms with Gasteiger partial charge in [-0.25, -0.2) is 8.78 Å². The lowest BCUT2D eigenvalue weighted by atomic mass is 9.81. The van der Waals surface area contributed by atoms with Crippen LogP contribution in [0.4, 0.5) is 8.78 Å². The summed E-state index contributed by atoms with van der Waals surface area (Å²) in [4.78, 5) is 42.0. The third-order valence-corrected chi connectivity index (χ3v) is 9.14. The van der Waals surface area contributed by atoms with Gasteiger partial charge in [0.2, 0.25) is 17.7 Å². The van der Waals surface area contributed by atoms with Crippen molar-refractivity contribution in [2.24, 2.45) is 5.92 Å². The largest absolute Gasteiger partial charge is 0.392 e. The van der Waals surface area contributed by atoms with Crippen LogP contribution in [0.15, 0.2) is 48.5 Å². The lowest BCUT2D eigenvalue weighted by Crippen LogP contribution is -2.61. The molecule has 4 rings (SSSR count). The zero-order valence-corrected chi connectivity index (χ0v) is 25.6. The van der Waals surface area contributed by atoms with Crippen molar-refractivity contribution in [2.75, 3.05) is 13.1 Å². The average molecular weight is 615 g/mol. The highest BCUT2D eigenvalue weighted by atomic mass is 19.1. The quantitative estimate of drug-likeness (QED) is 0.235. The van der Waals surface area contributed by atoms with Gasteiger partial charge in [0.1, 0.15) is 23.2 Å². The number of likely N-dealkylation sites (tertiary alicyclic amines) is 1. The highest BCUT2D eigenvalue weighted by Gasteiger charge is 2.53. The Kier molecular flexibility index (Phi) is 11.1. The van der Waals surface area contributed by atoms with E-state index in [0.717, 1.165) is 23.8 Å². The van der Waals surface area contributed by atoms with E-state index < -0.39 is 53.4 Å². The molecule has 5 N–H and O–H groups in total. The number of carbonyl (C=O) groups is 3. The number of amides is 3. The van der Waals surface area contributed by atoms with Crippen molar-refractivity contribution < 1.29 is 33.4 Å². The Morgan fingerprint density at radius 2 is 1.82 bits per heavy atom. The molecule has 2 saturated heterocycles. The summed E-state index contributed by atoms with van der Waals surface area (Å²) >= 11 is 0. The first-order valence-corrected chi connectivity index (χ1v) is 15.4. The van der Waals surface area contributed by atoms with Gasteiger partial charge in [-0.3, -0.25) is 14.4 Å². The molecule has 2 aliphatic heterocycles. The second-order valence-electron chi connectivity index (χ2n) is 12.2. The highest BCUT2D eigenvalue weighted by Crippen LogP contribution is 2.34. The van der Waals surface area contributed by atoms with Gasteiger partial charge in [-0.05, 0) is 61.3 Å². The lowest BCUT2D eigenvalue weighted by molar-refractivity contribution is -0.144. The second kappa shape index (κ2) is 14.6. The summed E-state index contributed by atoms with van der Waals surface area (Å²) in [6.07, 6.45) is 0.00608. The summed E-state index contributed by atoms with van der Waals surface area (Å²) in [6.45, 7) is 5.73. The minimum atomic E-state index is -1.20. The number of hydrogen-bond acceptors (Lipinski definition) is 6. The van der Waals surface area contributed by atoms with Crippen LogP contribution in [-0.2, 0) is 27.2 Å². The molecule has 44 heavy (non-hydrogen) atoms. The molecular formula is C33H44F2N4O5. The summed E-state index contributed by atoms with van der Waals surface area (Å²) in [5, 5.41) is 30.3. The summed E-state index contributed by atoms with van der Waals surface area (Å²) < 4.78 is 28.2. The first-order valence-electron chi connectivity index (χ1n) is 15.4. The number of aliphatic hydroxyl groups excluding tert-OH is 2. The number of aryl methyl sites for hydroxylation is 1. The van der Waals surface area contributed by atoms with Crippen LogP contribution in [0.2, 0.25) is 0 Å². The standard InChI is InChI=1S/C33H44F2N4O5/c1-4-20(2)33(38-21(3)40)12-13-39(32(33)44)29(11-10-22-8-6-5-7-9-22)31(43)37-28(30(42)27-18-26(41)19-36-27)16-23-14-24(34)17-25(35)15-23/h5-9,14-15,17,20,26-30,36,41-42H,4,10-13,16,18-19H2,1-3H3,(H,37,43)(H,38,40)/t20-,26-,27-,28+,29?,30-,33?/m1/s1. The predicted molar refractivity (Wildman–Crippen MR) is 161 cm³/mol. The van der Waals surface area contributed by atoms with E-state index in [1.54, 1.807) is 0 Å². The molecule has 0 bridgehead atoms. The van der Waals surface area contributed by atoms with Gasteiger partial charge < -0.3 is 31.1 Å². The smallest absolute Gasteiger partial charge is 0.249 e. The van der Waals surface area contributed by atoms with Crippen molar-refractivity contribution in [3.05, 3.63) is 71.3 Å². The Hall–Kier alpha value is -3.41. The van der Waals surface area contributed by atoms with Gasteiger partial charge in [0.25, 0.3) is 0 Å². The molecule has 2 fully saturated rings. The predicted octanol–water partition coefficient (Wildman–Crippen LogP) is 2.23. The van der Waals surface area contributed by atoms with Crippen LogP contribution in [0.25, 0.3) is 0 Å². The van der Waals surface area contributed by atoms with Crippen molar-refractivity contribution in [3.8, 4) is 0 Å². The number of halogens is 2. The summed E-state index contributed by atoms with van der Waals surface area (Å²) in [5.74, 6) is -2.92. The monoisotopic (exact) mass is 614 g/mol. The van der Waals surface area contributed by atoms with E-state index in [-0.39, 0.29) is 55.6 Å². The SMILES string of the molecule is CC[C@@H](C)C1(NC(C)=O)CCN(C(CCc2ccccc2)C(=O)N[C@@H](Cc2cc(F)cc(F)c2)[C@H](O)[C@H]2C[C@@H](O)CN2)C1=O. The van der Waals surface area contributed by atoms with Crippen molar-refractivity contribution in [1.82, 2.24) is 20.9 Å². The number of benzene rings is 2. The van der Waals surface area contributed by atoms with Gasteiger partial charge in [0.15, 0.2) is 0 Å². The number of nitrogens with zero attached hydrogens (tertiary/aromatic N) is 1. The molecule has 0 radical (unpaired) electrons. The van der Waals surface area contributed by atoms with E-state index in [9.17, 15) is 33.4 Å². The van der Waals surface area contributed by atoms with E-state index in [2.05, 4.69) is 16.0 Å². The lowest BCUT2D eigenvalue weighted by Gasteiger charge is -2.36. The van der Waals surface area contributed by atoms with Crippen LogP contribution in [-0.4, -0.2) is 81.8 Å². The van der Waals surface area contributed by atoms with Gasteiger partial charge in [-0.1, -0.05) is 50.6 Å². The molecule has 2 aliphatic rings. The van der Waals surface area contributed by atoms with Crippen molar-refractivity contribution in [1.29, 1.82) is 0 Å². The van der Waals surface area contributed by atoms with Crippen LogP contribution in [0.5, 0.6) is 0 Å². The highest BCUT2D eigenvalue weighted by molar-refractivity contribution is 5.96. The molecule has 240 valence electrons. The van der Waals surface area contributed by atoms with E-state index in [1.165, 1.54) is 11.8 Å². The van der Waals surface area contributed by atoms with Gasteiger partial charge in [0.05, 0.1) is 18.2 Å². The van der Waals surface area contributed by atoms with Crippen LogP contribution in [0, 0.1) is 17.6 Å². The fraction of sp³-hybridized carbons (Fsp3) is 0.545. The Balaban J connectivity index is 1.64. The minimum absolute atomic E-state index is 0.0854. The first kappa shape index (κ1) is 33.5. The normalized spacial score (nSPS) is 24.5. The number of carbonyl (C=O) groups excluding carboxylic acids is 3. The van der Waals surface area contributed by atoms with Crippen molar-refractivity contribution in [2.45, 2.75) is 95.2 Å². The van der Waals surface area contributed by atoms with Crippen LogP contribution in [0.3, 0.4) is 0 Å². The van der Waals surface area contributed by atoms with Gasteiger partial charge in [-0.15, -0.1) is 0 Å². The van der Waals surface area contributed by atoms with E-state index in [1.807, 2.05) is 44.2 Å². The number of β-amino-alcohol motifs (C(OH)–C–C–N with tert-alkyl or cyclic N) is 1. The van der Waals surface area contributed by atoms with Gasteiger partial charge in [0, 0.05) is 32.1 Å². The maximum Gasteiger partial charge on any atom is 0.249 e. The fourth-order valence-corrected chi connectivity index (χ4v) is 6.60. The fourth-order valence-electron chi connectivity index (χ4n) is 6.60. The summed E-state index contributed by atoms with van der Waals surface area (Å²) in [7, 11) is 0. The molecule has 7 atom stereocenters. The third kappa shape index (κ3) is 7.80. The molecule has 0 saturated carbocycles. The Bertz CT molecular complexity index is 1290. The number of aliphatic hydroxyl groups is 2. The van der Waals surface area contributed by atoms with Gasteiger partial charge in [-0.2, -0.15) is 0 Å². The Morgan fingerprint density at radius 3 is 2.41 bits per heavy atom. The van der Waals surface area contributed by atoms with Crippen LogP contribution in [0.1, 0.15) is 57.6 Å². The molecule has 2 heterocycles. The topological polar surface area (TPSA) is 131 Å². The van der Waals surface area contributed by atoms with E-state index in [4.69, 9.17) is 0 Å². The summed E-state index contributed by atoms with van der Waals surface area (Å²) in [5.41, 5.74) is 0.0706. The number of nitrogens with one attached hydrogen (secondary N) is 3. The van der Waals surface area contributed by atoms with E-state index >= 15 is 0 Å². The maximum absolute atomic E-state index is 14.2. The zero-order chi connectivity index (χ0) is 32.0. The molecule has 2 aromatic carbocycles. The van der Waals surface area contributed by atoms with Gasteiger partial charge >= 0.3 is 0 Å². The Labute approximate surface area is 257 Å². The average Bonchev–Trinajstić information content (AvgIpc) is 3.55. The molecule has 2 unspecified atom stereocenters. The maximum atomic E-state index is 14.2. The molecular weight excluding hydrogens is 570 g/mol. The molecule has 0 aromatic heterocycles. The molecule has 0 aliphatic carbocycles. The molecule has 2 aromatic rings. The number of rotatable bonds is 13. The minimum Gasteiger partial charge on any atom is -0.392 e. The first-order chi connectivity index (χ1) is 20.9. The Morgan fingerprint density at radius 1 is 1.14 bits per heavy atom. The zero-order valence-electron chi connectivity index (χ0n) is 25.6. The second-order valence-corrected chi connectivity index (χ2v) is 12.2. The van der Waals surface area contributed by atoms with E-state index in [0.29, 0.717) is 19.3 Å². The number of hydrogen-bond donors (Lipinski definition) is 5. The molecule has 0 spiro atoms. The van der Waals surface area contributed by atoms with Crippen LogP contribution < -0.4 is 16.0 Å². The van der Waals surface area contributed by atoms with Crippen molar-refractivity contribution in [3.63, 3.8) is 0 Å². The van der Waals surface area contributed by atoms with Crippen molar-refractivity contribution >= 4 is 17.7 Å². The van der Waals surface area contributed by atoms with Crippen LogP contribution >= 0.6 is 0 Å².